The van der Waals surface area contributed by atoms with Gasteiger partial charge in [0.25, 0.3) is 0 Å². The normalized spacial score (nSPS) is 11.3. The van der Waals surface area contributed by atoms with Crippen molar-refractivity contribution in [1.82, 2.24) is 0 Å². The first kappa shape index (κ1) is 14.1. The summed E-state index contributed by atoms with van der Waals surface area (Å²) < 4.78 is 35.7. The van der Waals surface area contributed by atoms with E-state index in [1.165, 1.54) is 18.2 Å². The quantitative estimate of drug-likeness (QED) is 0.561. The van der Waals surface area contributed by atoms with Crippen molar-refractivity contribution in [3.63, 3.8) is 0 Å². The Balaban J connectivity index is 2.51. The maximum absolute atomic E-state index is 11.9. The number of rotatable bonds is 5. The first-order chi connectivity index (χ1) is 8.29. The van der Waals surface area contributed by atoms with Crippen LogP contribution in [-0.4, -0.2) is 18.6 Å². The zero-order valence-corrected chi connectivity index (χ0v) is 9.55. The lowest BCUT2D eigenvalue weighted by molar-refractivity contribution is -0.134. The molecule has 1 aromatic rings. The molecule has 1 amide bonds. The number of primary amides is 1. The van der Waals surface area contributed by atoms with Gasteiger partial charge in [0.05, 0.1) is 11.4 Å². The van der Waals surface area contributed by atoms with Crippen LogP contribution in [0.1, 0.15) is 23.2 Å². The largest absolute Gasteiger partial charge is 0.397 e. The Hall–Kier alpha value is -1.92. The van der Waals surface area contributed by atoms with Crippen molar-refractivity contribution >= 4 is 17.3 Å². The highest BCUT2D eigenvalue weighted by Gasteiger charge is 2.25. The van der Waals surface area contributed by atoms with Crippen LogP contribution in [0.2, 0.25) is 0 Å². The topological polar surface area (TPSA) is 81.1 Å². The third-order valence-electron chi connectivity index (χ3n) is 2.29. The molecular formula is C11H14F3N3O. The molecule has 1 aromatic carbocycles. The fourth-order valence-corrected chi connectivity index (χ4v) is 1.39. The number of nitrogens with two attached hydrogens (primary N) is 2. The molecular weight excluding hydrogens is 247 g/mol. The summed E-state index contributed by atoms with van der Waals surface area (Å²) in [7, 11) is 0. The van der Waals surface area contributed by atoms with Gasteiger partial charge in [-0.1, -0.05) is 0 Å². The van der Waals surface area contributed by atoms with Crippen molar-refractivity contribution in [2.45, 2.75) is 19.0 Å². The van der Waals surface area contributed by atoms with E-state index in [-0.39, 0.29) is 24.2 Å². The zero-order valence-electron chi connectivity index (χ0n) is 9.55. The number of nitrogens with one attached hydrogen (secondary N) is 1. The van der Waals surface area contributed by atoms with E-state index in [1.54, 1.807) is 0 Å². The minimum atomic E-state index is -4.15. The van der Waals surface area contributed by atoms with Gasteiger partial charge in [-0.2, -0.15) is 13.2 Å². The van der Waals surface area contributed by atoms with Crippen LogP contribution in [-0.2, 0) is 0 Å². The molecule has 1 rings (SSSR count). The number of nitrogen functional groups attached to an aromatic ring is 1. The molecule has 0 heterocycles. The molecule has 0 aliphatic heterocycles. The molecule has 0 radical (unpaired) electrons. The Labute approximate surface area is 102 Å². The number of carbonyl (C=O) groups excluding carboxylic acids is 1. The number of anilines is 2. The van der Waals surface area contributed by atoms with E-state index in [4.69, 9.17) is 11.5 Å². The minimum absolute atomic E-state index is 0.0412. The second-order valence-electron chi connectivity index (χ2n) is 3.81. The van der Waals surface area contributed by atoms with Crippen LogP contribution in [0, 0.1) is 0 Å². The first-order valence-electron chi connectivity index (χ1n) is 5.29. The van der Waals surface area contributed by atoms with Crippen molar-refractivity contribution in [2.24, 2.45) is 5.73 Å². The molecule has 0 unspecified atom stereocenters. The van der Waals surface area contributed by atoms with Gasteiger partial charge in [-0.25, -0.2) is 0 Å². The predicted octanol–water partition coefficient (Wildman–Crippen LogP) is 2.12. The maximum Gasteiger partial charge on any atom is 0.389 e. The Bertz CT molecular complexity index is 432. The van der Waals surface area contributed by atoms with Gasteiger partial charge in [0.1, 0.15) is 0 Å². The number of benzene rings is 1. The monoisotopic (exact) mass is 261 g/mol. The number of hydrogen-bond acceptors (Lipinski definition) is 3. The predicted molar refractivity (Wildman–Crippen MR) is 63.2 cm³/mol. The molecule has 18 heavy (non-hydrogen) atoms. The van der Waals surface area contributed by atoms with Crippen LogP contribution in [0.15, 0.2) is 18.2 Å². The standard InChI is InChI=1S/C11H14F3N3O/c12-11(13,14)4-1-5-17-9-3-2-7(10(16)18)6-8(9)15/h2-3,6,17H,1,4-5,15H2,(H2,16,18). The molecule has 5 N–H and O–H groups in total. The number of halogens is 3. The lowest BCUT2D eigenvalue weighted by atomic mass is 10.1. The maximum atomic E-state index is 11.9. The first-order valence-corrected chi connectivity index (χ1v) is 5.29. The number of alkyl halides is 3. The van der Waals surface area contributed by atoms with Gasteiger partial charge in [-0.15, -0.1) is 0 Å². The zero-order chi connectivity index (χ0) is 13.8. The Morgan fingerprint density at radius 3 is 2.50 bits per heavy atom. The average molecular weight is 261 g/mol. The van der Waals surface area contributed by atoms with Crippen LogP contribution in [0.5, 0.6) is 0 Å². The molecule has 0 atom stereocenters. The second kappa shape index (κ2) is 5.61. The van der Waals surface area contributed by atoms with Gasteiger partial charge in [0.15, 0.2) is 0 Å². The summed E-state index contributed by atoms with van der Waals surface area (Å²) >= 11 is 0. The van der Waals surface area contributed by atoms with Crippen LogP contribution in [0.3, 0.4) is 0 Å². The minimum Gasteiger partial charge on any atom is -0.397 e. The number of hydrogen-bond donors (Lipinski definition) is 3. The Morgan fingerprint density at radius 1 is 1.33 bits per heavy atom. The fourth-order valence-electron chi connectivity index (χ4n) is 1.39. The number of amides is 1. The van der Waals surface area contributed by atoms with Crippen LogP contribution >= 0.6 is 0 Å². The highest BCUT2D eigenvalue weighted by molar-refractivity contribution is 5.94. The molecule has 0 bridgehead atoms. The van der Waals surface area contributed by atoms with Gasteiger partial charge >= 0.3 is 6.18 Å². The van der Waals surface area contributed by atoms with Crippen molar-refractivity contribution < 1.29 is 18.0 Å². The van der Waals surface area contributed by atoms with Gasteiger partial charge in [0, 0.05) is 18.5 Å². The molecule has 0 saturated carbocycles. The average Bonchev–Trinajstić information content (AvgIpc) is 2.24. The summed E-state index contributed by atoms with van der Waals surface area (Å²) in [4.78, 5) is 10.9. The highest BCUT2D eigenvalue weighted by Crippen LogP contribution is 2.23. The summed E-state index contributed by atoms with van der Waals surface area (Å²) in [5, 5.41) is 2.77. The van der Waals surface area contributed by atoms with Gasteiger partial charge in [-0.3, -0.25) is 4.79 Å². The second-order valence-corrected chi connectivity index (χ2v) is 3.81. The molecule has 4 nitrogen and oxygen atoms in total. The van der Waals surface area contributed by atoms with E-state index < -0.39 is 18.5 Å². The lowest BCUT2D eigenvalue weighted by Crippen LogP contribution is -2.13. The SMILES string of the molecule is NC(=O)c1ccc(NCCCC(F)(F)F)c(N)c1. The lowest BCUT2D eigenvalue weighted by Gasteiger charge is -2.11. The van der Waals surface area contributed by atoms with E-state index >= 15 is 0 Å². The third-order valence-corrected chi connectivity index (χ3v) is 2.29. The van der Waals surface area contributed by atoms with E-state index in [0.717, 1.165) is 0 Å². The number of carbonyl (C=O) groups is 1. The molecule has 100 valence electrons. The third kappa shape index (κ3) is 4.52. The van der Waals surface area contributed by atoms with Gasteiger partial charge in [-0.05, 0) is 24.6 Å². The van der Waals surface area contributed by atoms with Crippen LogP contribution in [0.4, 0.5) is 24.5 Å². The summed E-state index contributed by atoms with van der Waals surface area (Å²) in [6.45, 7) is 0.152. The van der Waals surface area contributed by atoms with Crippen molar-refractivity contribution in [1.29, 1.82) is 0 Å². The molecule has 0 aliphatic rings. The van der Waals surface area contributed by atoms with E-state index in [1.807, 2.05) is 0 Å². The summed E-state index contributed by atoms with van der Waals surface area (Å²) in [5.74, 6) is -0.606. The van der Waals surface area contributed by atoms with Gasteiger partial charge in [0.2, 0.25) is 5.91 Å². The fraction of sp³-hybridized carbons (Fsp3) is 0.364. The molecule has 7 heteroatoms. The Morgan fingerprint density at radius 2 is 2.00 bits per heavy atom. The van der Waals surface area contributed by atoms with E-state index in [9.17, 15) is 18.0 Å². The van der Waals surface area contributed by atoms with Crippen LogP contribution < -0.4 is 16.8 Å². The molecule has 0 spiro atoms. The summed E-state index contributed by atoms with van der Waals surface area (Å²) in [5.41, 5.74) is 11.7. The highest BCUT2D eigenvalue weighted by atomic mass is 19.4. The molecule has 0 fully saturated rings. The Kier molecular flexibility index (Phi) is 4.41. The van der Waals surface area contributed by atoms with Crippen LogP contribution in [0.25, 0.3) is 0 Å². The summed E-state index contributed by atoms with van der Waals surface area (Å²) in [6, 6.07) is 4.36. The van der Waals surface area contributed by atoms with Crippen molar-refractivity contribution in [3.05, 3.63) is 23.8 Å². The molecule has 0 aliphatic carbocycles. The van der Waals surface area contributed by atoms with Crippen molar-refractivity contribution in [3.8, 4) is 0 Å². The summed E-state index contributed by atoms with van der Waals surface area (Å²) in [6.07, 6.45) is -5.04. The molecule has 0 saturated heterocycles. The van der Waals surface area contributed by atoms with Gasteiger partial charge < -0.3 is 16.8 Å². The molecule has 0 aromatic heterocycles. The van der Waals surface area contributed by atoms with E-state index in [2.05, 4.69) is 5.32 Å². The smallest absolute Gasteiger partial charge is 0.389 e. The van der Waals surface area contributed by atoms with Crippen molar-refractivity contribution in [2.75, 3.05) is 17.6 Å². The van der Waals surface area contributed by atoms with E-state index in [0.29, 0.717) is 5.69 Å².